The number of hydrogen-bond acceptors (Lipinski definition) is 17. The molecular weight excluding hydrogens is 768 g/mol. The molecule has 0 bridgehead atoms. The maximum atomic E-state index is 11.5. The molecule has 308 valence electrons. The summed E-state index contributed by atoms with van der Waals surface area (Å²) in [5, 5.41) is 128. The summed E-state index contributed by atoms with van der Waals surface area (Å²) in [6.45, 7) is 0.788. The lowest BCUT2D eigenvalue weighted by Gasteiger charge is -2.39. The quantitative estimate of drug-likeness (QED) is 0.0752. The fourth-order valence-corrected chi connectivity index (χ4v) is 7.40. The Hall–Kier alpha value is -6.15. The van der Waals surface area contributed by atoms with E-state index < -0.39 is 89.9 Å². The number of aliphatic hydroxyl groups excluding tert-OH is 5. The molecule has 7 rings (SSSR count). The minimum absolute atomic E-state index is 0.00126. The van der Waals surface area contributed by atoms with Crippen molar-refractivity contribution in [2.75, 3.05) is 20.8 Å². The number of methoxy groups -OCH3 is 2. The Bertz CT molecular complexity index is 2350. The van der Waals surface area contributed by atoms with Crippen LogP contribution < -0.4 is 18.9 Å². The summed E-state index contributed by atoms with van der Waals surface area (Å²) < 4.78 is 35.0. The number of benzene rings is 4. The van der Waals surface area contributed by atoms with Gasteiger partial charge in [0.05, 0.1) is 32.5 Å². The van der Waals surface area contributed by atoms with Crippen LogP contribution in [0.2, 0.25) is 0 Å². The van der Waals surface area contributed by atoms with Gasteiger partial charge in [-0.3, -0.25) is 0 Å². The summed E-state index contributed by atoms with van der Waals surface area (Å²) in [6.07, 6.45) is -11.1. The smallest absolute Gasteiger partial charge is 0.402 e. The molecule has 0 saturated carbocycles. The van der Waals surface area contributed by atoms with Gasteiger partial charge in [-0.1, -0.05) is 13.0 Å². The van der Waals surface area contributed by atoms with Gasteiger partial charge in [0.25, 0.3) is 0 Å². The van der Waals surface area contributed by atoms with Crippen LogP contribution in [0, 0.1) is 0 Å². The first-order valence-corrected chi connectivity index (χ1v) is 17.8. The lowest BCUT2D eigenvalue weighted by atomic mass is 9.85. The second-order valence-electron chi connectivity index (χ2n) is 14.0. The van der Waals surface area contributed by atoms with Crippen molar-refractivity contribution >= 4 is 11.0 Å². The van der Waals surface area contributed by atoms with Crippen molar-refractivity contribution in [1.29, 1.82) is 0 Å². The van der Waals surface area contributed by atoms with Gasteiger partial charge in [-0.05, 0) is 17.7 Å². The first kappa shape index (κ1) is 40.1. The summed E-state index contributed by atoms with van der Waals surface area (Å²) >= 11 is 0. The molecule has 0 spiro atoms. The normalized spacial score (nSPS) is 23.5. The number of ether oxygens (including phenoxy) is 5. The van der Waals surface area contributed by atoms with Crippen LogP contribution in [0.5, 0.6) is 63.2 Å². The minimum Gasteiger partial charge on any atom is -0.507 e. The predicted molar refractivity (Wildman–Crippen MR) is 199 cm³/mol. The Labute approximate surface area is 328 Å². The molecule has 12 N–H and O–H groups in total. The molecule has 58 heavy (non-hydrogen) atoms. The number of aliphatic hydroxyl groups is 5. The standard InChI is InChI=1S/C40H40O18/c1-14(30-23(46)11-20(43)17-9-25(48)36(57-38(17)30)15-4-5-19(42)22(45)6-15)31-24(47)12-21(44)18-10-28(55-40-35(52)34(51)33(50)29(13-41)56-40)37(58-39(18)31)16-7-26(53-2)32(49)27(8-16)54-3/h4-8,10-12,14,25,29,33-36,40-41,48,50-52H,9,13H2,1-3H3,(H6-,42,43,44,45,46,47,49)/p+1/t14?,25?,29-,33-,34+,35-,36?,40-/m1/s1. The maximum absolute atomic E-state index is 11.5. The topological polar surface area (TPSA) is 300 Å². The van der Waals surface area contributed by atoms with Crippen LogP contribution in [-0.2, 0) is 11.2 Å². The molecule has 4 aromatic carbocycles. The zero-order valence-electron chi connectivity index (χ0n) is 31.0. The molecule has 5 aromatic rings. The Kier molecular flexibility index (Phi) is 10.6. The molecule has 1 saturated heterocycles. The number of aromatic hydroxyl groups is 7. The molecule has 0 aliphatic carbocycles. The van der Waals surface area contributed by atoms with Crippen LogP contribution in [0.1, 0.15) is 41.2 Å². The van der Waals surface area contributed by atoms with E-state index in [1.165, 1.54) is 50.6 Å². The molecule has 0 amide bonds. The number of phenols is 7. The van der Waals surface area contributed by atoms with Gasteiger partial charge >= 0.3 is 11.3 Å². The molecule has 0 radical (unpaired) electrons. The SMILES string of the molecule is COc1cc(-c2[o+]c3c(C(C)c4c(O)cc(O)c5c4OC(c4ccc(O)c(O)c4)C(O)C5)c(O)cc(O)c3cc2O[C@@H]2O[C@H](CO)[C@@H](O)[C@H](O)[C@H]2O)cc(OC)c1O. The fourth-order valence-electron chi connectivity index (χ4n) is 7.40. The van der Waals surface area contributed by atoms with Gasteiger partial charge in [-0.25, -0.2) is 4.42 Å². The monoisotopic (exact) mass is 809 g/mol. The summed E-state index contributed by atoms with van der Waals surface area (Å²) in [4.78, 5) is 0. The van der Waals surface area contributed by atoms with Gasteiger partial charge in [0.1, 0.15) is 70.2 Å². The van der Waals surface area contributed by atoms with Gasteiger partial charge in [0.15, 0.2) is 23.0 Å². The second kappa shape index (κ2) is 15.3. The Morgan fingerprint density at radius 2 is 1.38 bits per heavy atom. The molecule has 2 aliphatic heterocycles. The average molecular weight is 810 g/mol. The van der Waals surface area contributed by atoms with Crippen LogP contribution in [0.25, 0.3) is 22.3 Å². The van der Waals surface area contributed by atoms with Crippen LogP contribution in [0.3, 0.4) is 0 Å². The zero-order chi connectivity index (χ0) is 41.9. The molecular formula is C40H41O18+. The number of phenolic OH excluding ortho intramolecular Hbond substituents is 7. The summed E-state index contributed by atoms with van der Waals surface area (Å²) in [6, 6.07) is 9.75. The third kappa shape index (κ3) is 6.74. The van der Waals surface area contributed by atoms with Gasteiger partial charge in [0.2, 0.25) is 17.8 Å². The lowest BCUT2D eigenvalue weighted by molar-refractivity contribution is -0.277. The molecule has 18 nitrogen and oxygen atoms in total. The molecule has 3 unspecified atom stereocenters. The zero-order valence-corrected chi connectivity index (χ0v) is 31.0. The molecule has 8 atom stereocenters. The minimum atomic E-state index is -1.87. The van der Waals surface area contributed by atoms with Crippen molar-refractivity contribution in [1.82, 2.24) is 0 Å². The van der Waals surface area contributed by atoms with Gasteiger partial charge in [-0.2, -0.15) is 0 Å². The molecule has 1 aromatic heterocycles. The largest absolute Gasteiger partial charge is 0.507 e. The Balaban J connectivity index is 1.43. The lowest BCUT2D eigenvalue weighted by Crippen LogP contribution is -2.60. The van der Waals surface area contributed by atoms with Gasteiger partial charge in [0, 0.05) is 53.8 Å². The van der Waals surface area contributed by atoms with Crippen molar-refractivity contribution in [3.05, 3.63) is 70.8 Å². The van der Waals surface area contributed by atoms with E-state index in [4.69, 9.17) is 28.1 Å². The van der Waals surface area contributed by atoms with E-state index in [2.05, 4.69) is 0 Å². The van der Waals surface area contributed by atoms with E-state index in [0.29, 0.717) is 0 Å². The maximum Gasteiger partial charge on any atom is 0.402 e. The van der Waals surface area contributed by atoms with E-state index in [1.54, 1.807) is 6.92 Å². The van der Waals surface area contributed by atoms with E-state index >= 15 is 0 Å². The number of hydrogen-bond donors (Lipinski definition) is 12. The second-order valence-corrected chi connectivity index (χ2v) is 14.0. The van der Waals surface area contributed by atoms with Crippen molar-refractivity contribution in [3.63, 3.8) is 0 Å². The van der Waals surface area contributed by atoms with E-state index in [9.17, 15) is 61.3 Å². The summed E-state index contributed by atoms with van der Waals surface area (Å²) in [5.41, 5.74) is 0.189. The molecule has 1 fully saturated rings. The highest BCUT2D eigenvalue weighted by molar-refractivity contribution is 5.92. The highest BCUT2D eigenvalue weighted by atomic mass is 16.7. The van der Waals surface area contributed by atoms with Crippen LogP contribution in [-0.4, -0.2) is 119 Å². The van der Waals surface area contributed by atoms with E-state index in [0.717, 1.165) is 12.1 Å². The number of fused-ring (bicyclic) bond motifs is 2. The first-order chi connectivity index (χ1) is 27.6. The Morgan fingerprint density at radius 3 is 2.02 bits per heavy atom. The van der Waals surface area contributed by atoms with E-state index in [-0.39, 0.29) is 79.7 Å². The summed E-state index contributed by atoms with van der Waals surface area (Å²) in [5.74, 6) is -5.12. The molecule has 2 aliphatic rings. The van der Waals surface area contributed by atoms with Crippen LogP contribution in [0.4, 0.5) is 0 Å². The van der Waals surface area contributed by atoms with Crippen molar-refractivity contribution in [2.24, 2.45) is 0 Å². The first-order valence-electron chi connectivity index (χ1n) is 17.8. The van der Waals surface area contributed by atoms with Crippen molar-refractivity contribution in [3.8, 4) is 74.6 Å². The van der Waals surface area contributed by atoms with Gasteiger partial charge < -0.3 is 85.0 Å². The molecule has 18 heteroatoms. The average Bonchev–Trinajstić information content (AvgIpc) is 3.19. The number of rotatable bonds is 9. The van der Waals surface area contributed by atoms with Crippen LogP contribution >= 0.6 is 0 Å². The van der Waals surface area contributed by atoms with Crippen molar-refractivity contribution in [2.45, 2.75) is 62.2 Å². The summed E-state index contributed by atoms with van der Waals surface area (Å²) in [7, 11) is 2.55. The third-order valence-corrected chi connectivity index (χ3v) is 10.4. The highest BCUT2D eigenvalue weighted by Gasteiger charge is 2.46. The highest BCUT2D eigenvalue weighted by Crippen LogP contribution is 2.54. The van der Waals surface area contributed by atoms with Crippen LogP contribution in [0.15, 0.2) is 52.9 Å². The predicted octanol–water partition coefficient (Wildman–Crippen LogP) is 2.70. The molecule has 3 heterocycles. The van der Waals surface area contributed by atoms with E-state index in [1.807, 2.05) is 0 Å². The Morgan fingerprint density at radius 1 is 0.724 bits per heavy atom. The fraction of sp³-hybridized carbons (Fsp3) is 0.325. The third-order valence-electron chi connectivity index (χ3n) is 10.4. The van der Waals surface area contributed by atoms with Gasteiger partial charge in [-0.15, -0.1) is 0 Å². The van der Waals surface area contributed by atoms with Crippen molar-refractivity contribution < 1.29 is 89.4 Å².